The molecule has 0 saturated heterocycles. The summed E-state index contributed by atoms with van der Waals surface area (Å²) in [7, 11) is 0. The summed E-state index contributed by atoms with van der Waals surface area (Å²) in [6, 6.07) is 8.37. The lowest BCUT2D eigenvalue weighted by Gasteiger charge is -2.37. The van der Waals surface area contributed by atoms with Gasteiger partial charge in [-0.2, -0.15) is 0 Å². The lowest BCUT2D eigenvalue weighted by molar-refractivity contribution is -0.126. The van der Waals surface area contributed by atoms with Gasteiger partial charge in [0.15, 0.2) is 0 Å². The van der Waals surface area contributed by atoms with Crippen LogP contribution in [0.5, 0.6) is 0 Å². The molecule has 3 rings (SSSR count). The average Bonchev–Trinajstić information content (AvgIpc) is 3.22. The first kappa shape index (κ1) is 16.7. The quantitative estimate of drug-likeness (QED) is 0.883. The zero-order valence-corrected chi connectivity index (χ0v) is 14.7. The highest BCUT2D eigenvalue weighted by molar-refractivity contribution is 5.87. The lowest BCUT2D eigenvalue weighted by Crippen LogP contribution is -2.47. The molecule has 0 spiro atoms. The molecule has 4 nitrogen and oxygen atoms in total. The van der Waals surface area contributed by atoms with Crippen LogP contribution in [-0.2, 0) is 16.8 Å². The number of hydrogen-bond acceptors (Lipinski definition) is 2. The van der Waals surface area contributed by atoms with Crippen molar-refractivity contribution in [1.29, 1.82) is 0 Å². The Morgan fingerprint density at radius 1 is 1.25 bits per heavy atom. The van der Waals surface area contributed by atoms with Crippen LogP contribution in [0.4, 0.5) is 0 Å². The fraction of sp³-hybridized carbons (Fsp3) is 0.500. The van der Waals surface area contributed by atoms with Crippen LogP contribution >= 0.6 is 0 Å². The summed E-state index contributed by atoms with van der Waals surface area (Å²) in [6.07, 6.45) is 9.06. The summed E-state index contributed by atoms with van der Waals surface area (Å²) < 4.78 is 2.11. The SMILES string of the molecule is Cc1ccc(C(CCn2ccnc2C)(C(N)=O)C2CCCC2)cc1. The molecule has 1 fully saturated rings. The number of nitrogens with two attached hydrogens (primary N) is 1. The van der Waals surface area contributed by atoms with Gasteiger partial charge in [-0.1, -0.05) is 42.7 Å². The van der Waals surface area contributed by atoms with E-state index < -0.39 is 5.41 Å². The number of benzene rings is 1. The van der Waals surface area contributed by atoms with Crippen LogP contribution in [0, 0.1) is 19.8 Å². The zero-order valence-electron chi connectivity index (χ0n) is 14.7. The van der Waals surface area contributed by atoms with E-state index in [1.165, 1.54) is 18.4 Å². The molecule has 0 radical (unpaired) electrons. The number of primary amides is 1. The maximum absolute atomic E-state index is 12.7. The van der Waals surface area contributed by atoms with Crippen molar-refractivity contribution in [3.8, 4) is 0 Å². The molecule has 0 aliphatic heterocycles. The zero-order chi connectivity index (χ0) is 17.2. The van der Waals surface area contributed by atoms with Crippen molar-refractivity contribution >= 4 is 5.91 Å². The van der Waals surface area contributed by atoms with E-state index in [0.29, 0.717) is 5.92 Å². The van der Waals surface area contributed by atoms with Crippen LogP contribution < -0.4 is 5.73 Å². The van der Waals surface area contributed by atoms with Gasteiger partial charge in [0.2, 0.25) is 5.91 Å². The Morgan fingerprint density at radius 2 is 1.92 bits per heavy atom. The van der Waals surface area contributed by atoms with E-state index in [-0.39, 0.29) is 5.91 Å². The van der Waals surface area contributed by atoms with Crippen LogP contribution in [0.25, 0.3) is 0 Å². The van der Waals surface area contributed by atoms with Gasteiger partial charge in [0, 0.05) is 18.9 Å². The predicted octanol–water partition coefficient (Wildman–Crippen LogP) is 3.50. The van der Waals surface area contributed by atoms with Crippen molar-refractivity contribution in [1.82, 2.24) is 9.55 Å². The van der Waals surface area contributed by atoms with E-state index in [9.17, 15) is 4.79 Å². The van der Waals surface area contributed by atoms with Crippen molar-refractivity contribution in [2.24, 2.45) is 11.7 Å². The van der Waals surface area contributed by atoms with Gasteiger partial charge in [-0.05, 0) is 44.6 Å². The highest BCUT2D eigenvalue weighted by atomic mass is 16.1. The molecule has 24 heavy (non-hydrogen) atoms. The molecule has 4 heteroatoms. The first-order valence-corrected chi connectivity index (χ1v) is 8.89. The normalized spacial score (nSPS) is 17.8. The fourth-order valence-corrected chi connectivity index (χ4v) is 4.26. The molecule has 1 atom stereocenters. The number of aryl methyl sites for hydroxylation is 3. The van der Waals surface area contributed by atoms with Crippen molar-refractivity contribution < 1.29 is 4.79 Å². The van der Waals surface area contributed by atoms with Crippen molar-refractivity contribution in [2.45, 2.75) is 57.9 Å². The summed E-state index contributed by atoms with van der Waals surface area (Å²) in [6.45, 7) is 4.83. The average molecular weight is 325 g/mol. The van der Waals surface area contributed by atoms with Gasteiger partial charge >= 0.3 is 0 Å². The number of carbonyl (C=O) groups is 1. The molecule has 1 aliphatic carbocycles. The number of nitrogens with zero attached hydrogens (tertiary/aromatic N) is 2. The third-order valence-electron chi connectivity index (χ3n) is 5.73. The number of imidazole rings is 1. The third kappa shape index (κ3) is 2.97. The van der Waals surface area contributed by atoms with Gasteiger partial charge in [-0.15, -0.1) is 0 Å². The molecular formula is C20H27N3O. The predicted molar refractivity (Wildman–Crippen MR) is 95.6 cm³/mol. The Hall–Kier alpha value is -2.10. The molecule has 1 aliphatic rings. The Kier molecular flexibility index (Phi) is 4.74. The van der Waals surface area contributed by atoms with E-state index in [1.807, 2.05) is 19.3 Å². The van der Waals surface area contributed by atoms with E-state index in [1.54, 1.807) is 0 Å². The summed E-state index contributed by atoms with van der Waals surface area (Å²) in [5.41, 5.74) is 7.73. The first-order valence-electron chi connectivity index (χ1n) is 8.89. The summed E-state index contributed by atoms with van der Waals surface area (Å²) in [5, 5.41) is 0. The number of carbonyl (C=O) groups excluding carboxylic acids is 1. The third-order valence-corrected chi connectivity index (χ3v) is 5.73. The van der Waals surface area contributed by atoms with Crippen molar-refractivity contribution in [3.63, 3.8) is 0 Å². The molecule has 2 aromatic rings. The summed E-state index contributed by atoms with van der Waals surface area (Å²) in [4.78, 5) is 17.0. The molecule has 1 aromatic heterocycles. The minimum Gasteiger partial charge on any atom is -0.369 e. The van der Waals surface area contributed by atoms with E-state index in [2.05, 4.69) is 40.7 Å². The molecule has 2 N–H and O–H groups in total. The molecule has 1 saturated carbocycles. The maximum atomic E-state index is 12.7. The number of rotatable bonds is 6. The van der Waals surface area contributed by atoms with Gasteiger partial charge in [0.25, 0.3) is 0 Å². The number of amides is 1. The summed E-state index contributed by atoms with van der Waals surface area (Å²) in [5.74, 6) is 1.13. The van der Waals surface area contributed by atoms with Crippen LogP contribution in [0.15, 0.2) is 36.7 Å². The van der Waals surface area contributed by atoms with Gasteiger partial charge in [0.1, 0.15) is 5.82 Å². The summed E-state index contributed by atoms with van der Waals surface area (Å²) >= 11 is 0. The Morgan fingerprint density at radius 3 is 2.46 bits per heavy atom. The van der Waals surface area contributed by atoms with Gasteiger partial charge in [-0.3, -0.25) is 4.79 Å². The molecular weight excluding hydrogens is 298 g/mol. The van der Waals surface area contributed by atoms with Crippen molar-refractivity contribution in [2.75, 3.05) is 0 Å². The van der Waals surface area contributed by atoms with Crippen LogP contribution in [0.3, 0.4) is 0 Å². The van der Waals surface area contributed by atoms with Gasteiger partial charge in [0.05, 0.1) is 5.41 Å². The van der Waals surface area contributed by atoms with E-state index in [4.69, 9.17) is 5.73 Å². The number of hydrogen-bond donors (Lipinski definition) is 1. The maximum Gasteiger partial charge on any atom is 0.228 e. The number of aromatic nitrogens is 2. The second-order valence-corrected chi connectivity index (χ2v) is 7.10. The molecule has 1 unspecified atom stereocenters. The second-order valence-electron chi connectivity index (χ2n) is 7.10. The first-order chi connectivity index (χ1) is 11.5. The molecule has 128 valence electrons. The lowest BCUT2D eigenvalue weighted by atomic mass is 9.66. The van der Waals surface area contributed by atoms with E-state index >= 15 is 0 Å². The topological polar surface area (TPSA) is 60.9 Å². The van der Waals surface area contributed by atoms with Gasteiger partial charge < -0.3 is 10.3 Å². The smallest absolute Gasteiger partial charge is 0.228 e. The van der Waals surface area contributed by atoms with Crippen LogP contribution in [0.1, 0.15) is 49.1 Å². The van der Waals surface area contributed by atoms with Crippen LogP contribution in [-0.4, -0.2) is 15.5 Å². The highest BCUT2D eigenvalue weighted by Gasteiger charge is 2.46. The van der Waals surface area contributed by atoms with Gasteiger partial charge in [-0.25, -0.2) is 4.98 Å². The monoisotopic (exact) mass is 325 g/mol. The minimum absolute atomic E-state index is 0.184. The molecule has 1 heterocycles. The largest absolute Gasteiger partial charge is 0.369 e. The Balaban J connectivity index is 1.99. The highest BCUT2D eigenvalue weighted by Crippen LogP contribution is 2.45. The molecule has 1 aromatic carbocycles. The molecule has 1 amide bonds. The van der Waals surface area contributed by atoms with Crippen LogP contribution in [0.2, 0.25) is 0 Å². The minimum atomic E-state index is -0.582. The molecule has 0 bridgehead atoms. The van der Waals surface area contributed by atoms with E-state index in [0.717, 1.165) is 37.2 Å². The standard InChI is InChI=1S/C20H27N3O/c1-15-7-9-18(10-8-15)20(19(21)24,17-5-3-4-6-17)11-13-23-14-12-22-16(23)2/h7-10,12,14,17H,3-6,11,13H2,1-2H3,(H2,21,24). The Bertz CT molecular complexity index is 698. The Labute approximate surface area is 144 Å². The van der Waals surface area contributed by atoms with Crippen molar-refractivity contribution in [3.05, 3.63) is 53.6 Å². The second kappa shape index (κ2) is 6.80. The fourth-order valence-electron chi connectivity index (χ4n) is 4.26.